The first kappa shape index (κ1) is 13.6. The number of ether oxygens (including phenoxy) is 1. The Labute approximate surface area is 117 Å². The van der Waals surface area contributed by atoms with E-state index in [2.05, 4.69) is 15.9 Å². The van der Waals surface area contributed by atoms with Gasteiger partial charge in [0.1, 0.15) is 5.75 Å². The van der Waals surface area contributed by atoms with Crippen molar-refractivity contribution in [2.24, 2.45) is 0 Å². The summed E-state index contributed by atoms with van der Waals surface area (Å²) in [6.07, 6.45) is 7.56. The summed E-state index contributed by atoms with van der Waals surface area (Å²) in [5, 5.41) is 0. The fraction of sp³-hybridized carbons (Fsp3) is 0.533. The van der Waals surface area contributed by atoms with E-state index in [1.165, 1.54) is 25.7 Å². The average molecular weight is 311 g/mol. The van der Waals surface area contributed by atoms with E-state index in [0.29, 0.717) is 5.56 Å². The molecule has 1 aromatic rings. The second-order valence-electron chi connectivity index (χ2n) is 4.93. The van der Waals surface area contributed by atoms with Gasteiger partial charge in [0.15, 0.2) is 5.78 Å². The Morgan fingerprint density at radius 2 is 1.89 bits per heavy atom. The van der Waals surface area contributed by atoms with Crippen LogP contribution in [-0.2, 0) is 0 Å². The third-order valence-electron chi connectivity index (χ3n) is 3.42. The molecule has 1 aliphatic carbocycles. The number of carbonyl (C=O) groups is 1. The minimum Gasteiger partial charge on any atom is -0.490 e. The highest BCUT2D eigenvalue weighted by Crippen LogP contribution is 2.28. The van der Waals surface area contributed by atoms with E-state index in [-0.39, 0.29) is 11.9 Å². The molecule has 1 aromatic carbocycles. The summed E-state index contributed by atoms with van der Waals surface area (Å²) in [5.41, 5.74) is 0.675. The molecule has 0 unspecified atom stereocenters. The van der Waals surface area contributed by atoms with Gasteiger partial charge in [-0.2, -0.15) is 0 Å². The first-order valence-corrected chi connectivity index (χ1v) is 7.43. The highest BCUT2D eigenvalue weighted by molar-refractivity contribution is 9.10. The van der Waals surface area contributed by atoms with E-state index in [4.69, 9.17) is 4.74 Å². The van der Waals surface area contributed by atoms with Gasteiger partial charge in [0.2, 0.25) is 0 Å². The zero-order valence-electron chi connectivity index (χ0n) is 10.7. The normalized spacial score (nSPS) is 17.2. The minimum absolute atomic E-state index is 0.0555. The van der Waals surface area contributed by atoms with Crippen LogP contribution in [0.5, 0.6) is 5.75 Å². The predicted molar refractivity (Wildman–Crippen MR) is 76.3 cm³/mol. The first-order chi connectivity index (χ1) is 8.66. The van der Waals surface area contributed by atoms with Crippen molar-refractivity contribution in [2.45, 2.75) is 51.6 Å². The third-order valence-corrected chi connectivity index (χ3v) is 3.91. The van der Waals surface area contributed by atoms with Crippen LogP contribution in [0.4, 0.5) is 0 Å². The van der Waals surface area contributed by atoms with Crippen LogP contribution in [0.1, 0.15) is 55.8 Å². The number of hydrogen-bond acceptors (Lipinski definition) is 2. The van der Waals surface area contributed by atoms with Crippen LogP contribution in [0.3, 0.4) is 0 Å². The molecule has 0 bridgehead atoms. The number of carbonyl (C=O) groups excluding carboxylic acids is 1. The molecule has 98 valence electrons. The molecule has 2 nitrogen and oxygen atoms in total. The minimum atomic E-state index is 0.0555. The van der Waals surface area contributed by atoms with Crippen molar-refractivity contribution in [3.05, 3.63) is 28.2 Å². The SMILES string of the molecule is CC(=O)c1cc(Br)ccc1OC1CCCCCC1. The van der Waals surface area contributed by atoms with E-state index >= 15 is 0 Å². The van der Waals surface area contributed by atoms with Crippen LogP contribution in [-0.4, -0.2) is 11.9 Å². The number of hydrogen-bond donors (Lipinski definition) is 0. The molecule has 0 aromatic heterocycles. The van der Waals surface area contributed by atoms with Crippen molar-refractivity contribution >= 4 is 21.7 Å². The second kappa shape index (κ2) is 6.37. The lowest BCUT2D eigenvalue weighted by molar-refractivity contribution is 0.100. The zero-order chi connectivity index (χ0) is 13.0. The number of halogens is 1. The lowest BCUT2D eigenvalue weighted by Crippen LogP contribution is -2.16. The second-order valence-corrected chi connectivity index (χ2v) is 5.84. The van der Waals surface area contributed by atoms with E-state index in [1.54, 1.807) is 6.92 Å². The molecule has 0 aliphatic heterocycles. The number of Topliss-reactive ketones (excluding diaryl/α,β-unsaturated/α-hetero) is 1. The summed E-state index contributed by atoms with van der Waals surface area (Å²) in [6.45, 7) is 1.59. The van der Waals surface area contributed by atoms with Crippen molar-refractivity contribution in [3.8, 4) is 5.75 Å². The van der Waals surface area contributed by atoms with Gasteiger partial charge in [-0.05, 0) is 50.8 Å². The smallest absolute Gasteiger partial charge is 0.163 e. The lowest BCUT2D eigenvalue weighted by Gasteiger charge is -2.18. The van der Waals surface area contributed by atoms with Gasteiger partial charge in [0.25, 0.3) is 0 Å². The monoisotopic (exact) mass is 310 g/mol. The van der Waals surface area contributed by atoms with Crippen LogP contribution in [0, 0.1) is 0 Å². The van der Waals surface area contributed by atoms with Gasteiger partial charge in [0.05, 0.1) is 11.7 Å². The Kier molecular flexibility index (Phi) is 4.81. The van der Waals surface area contributed by atoms with E-state index in [0.717, 1.165) is 23.1 Å². The topological polar surface area (TPSA) is 26.3 Å². The number of ketones is 1. The van der Waals surface area contributed by atoms with Gasteiger partial charge >= 0.3 is 0 Å². The van der Waals surface area contributed by atoms with Crippen LogP contribution < -0.4 is 4.74 Å². The van der Waals surface area contributed by atoms with Gasteiger partial charge < -0.3 is 4.74 Å². The first-order valence-electron chi connectivity index (χ1n) is 6.64. The molecule has 0 atom stereocenters. The molecule has 0 saturated heterocycles. The highest BCUT2D eigenvalue weighted by atomic mass is 79.9. The molecular formula is C15H19BrO2. The van der Waals surface area contributed by atoms with Gasteiger partial charge in [0, 0.05) is 4.47 Å². The Morgan fingerprint density at radius 3 is 2.50 bits per heavy atom. The van der Waals surface area contributed by atoms with Crippen LogP contribution >= 0.6 is 15.9 Å². The molecule has 0 amide bonds. The summed E-state index contributed by atoms with van der Waals surface area (Å²) in [6, 6.07) is 5.67. The summed E-state index contributed by atoms with van der Waals surface area (Å²) >= 11 is 3.39. The summed E-state index contributed by atoms with van der Waals surface area (Å²) < 4.78 is 6.96. The molecule has 0 radical (unpaired) electrons. The fourth-order valence-electron chi connectivity index (χ4n) is 2.42. The van der Waals surface area contributed by atoms with E-state index in [9.17, 15) is 4.79 Å². The molecule has 0 spiro atoms. The van der Waals surface area contributed by atoms with Gasteiger partial charge in [-0.15, -0.1) is 0 Å². The van der Waals surface area contributed by atoms with Gasteiger partial charge in [-0.25, -0.2) is 0 Å². The van der Waals surface area contributed by atoms with Crippen molar-refractivity contribution in [1.82, 2.24) is 0 Å². The van der Waals surface area contributed by atoms with Crippen molar-refractivity contribution in [3.63, 3.8) is 0 Å². The predicted octanol–water partition coefficient (Wildman–Crippen LogP) is 4.75. The van der Waals surface area contributed by atoms with Crippen molar-refractivity contribution in [1.29, 1.82) is 0 Å². The average Bonchev–Trinajstić information content (AvgIpc) is 2.60. The summed E-state index contributed by atoms with van der Waals surface area (Å²) in [5.74, 6) is 0.789. The van der Waals surface area contributed by atoms with Gasteiger partial charge in [-0.3, -0.25) is 4.79 Å². The molecule has 0 N–H and O–H groups in total. The molecular weight excluding hydrogens is 292 g/mol. The number of benzene rings is 1. The maximum atomic E-state index is 11.6. The van der Waals surface area contributed by atoms with E-state index in [1.807, 2.05) is 18.2 Å². The van der Waals surface area contributed by atoms with Crippen LogP contribution in [0.15, 0.2) is 22.7 Å². The fourth-order valence-corrected chi connectivity index (χ4v) is 2.78. The van der Waals surface area contributed by atoms with Crippen molar-refractivity contribution < 1.29 is 9.53 Å². The summed E-state index contributed by atoms with van der Waals surface area (Å²) in [7, 11) is 0. The molecule has 2 rings (SSSR count). The highest BCUT2D eigenvalue weighted by Gasteiger charge is 2.17. The number of rotatable bonds is 3. The van der Waals surface area contributed by atoms with Crippen LogP contribution in [0.2, 0.25) is 0 Å². The third kappa shape index (κ3) is 3.58. The van der Waals surface area contributed by atoms with E-state index < -0.39 is 0 Å². The lowest BCUT2D eigenvalue weighted by atomic mass is 10.1. The standard InChI is InChI=1S/C15H19BrO2/c1-11(17)14-10-12(16)8-9-15(14)18-13-6-4-2-3-5-7-13/h8-10,13H,2-7H2,1H3. The Bertz CT molecular complexity index is 421. The molecule has 1 aliphatic rings. The molecule has 1 saturated carbocycles. The maximum Gasteiger partial charge on any atom is 0.163 e. The largest absolute Gasteiger partial charge is 0.490 e. The Hall–Kier alpha value is -0.830. The van der Waals surface area contributed by atoms with Gasteiger partial charge in [-0.1, -0.05) is 28.8 Å². The maximum absolute atomic E-state index is 11.6. The molecule has 0 heterocycles. The Balaban J connectivity index is 2.14. The quantitative estimate of drug-likeness (QED) is 0.594. The molecule has 1 fully saturated rings. The molecule has 3 heteroatoms. The molecule has 18 heavy (non-hydrogen) atoms. The summed E-state index contributed by atoms with van der Waals surface area (Å²) in [4.78, 5) is 11.6. The van der Waals surface area contributed by atoms with Crippen LogP contribution in [0.25, 0.3) is 0 Å². The van der Waals surface area contributed by atoms with Crippen molar-refractivity contribution in [2.75, 3.05) is 0 Å². The zero-order valence-corrected chi connectivity index (χ0v) is 12.3. The Morgan fingerprint density at radius 1 is 1.22 bits per heavy atom.